The molecule has 33 heavy (non-hydrogen) atoms. The van der Waals surface area contributed by atoms with E-state index in [-0.39, 0.29) is 37.3 Å². The fourth-order valence-corrected chi connectivity index (χ4v) is 4.39. The summed E-state index contributed by atoms with van der Waals surface area (Å²) in [5, 5.41) is 5.39. The van der Waals surface area contributed by atoms with Gasteiger partial charge in [0.25, 0.3) is 5.91 Å². The molecule has 0 aromatic carbocycles. The minimum Gasteiger partial charge on any atom is -0.370 e. The largest absolute Gasteiger partial charge is 0.432 e. The Bertz CT molecular complexity index is 960. The molecule has 1 saturated heterocycles. The van der Waals surface area contributed by atoms with Crippen LogP contribution in [0.5, 0.6) is 0 Å². The quantitative estimate of drug-likeness (QED) is 0.733. The van der Waals surface area contributed by atoms with Crippen LogP contribution in [0.1, 0.15) is 53.8 Å². The summed E-state index contributed by atoms with van der Waals surface area (Å²) >= 11 is 0. The summed E-state index contributed by atoms with van der Waals surface area (Å²) in [6.45, 7) is 0.411. The number of aromatic amines is 1. The minimum atomic E-state index is -4.65. The number of nitrogens with zero attached hydrogens (tertiary/aromatic N) is 4. The van der Waals surface area contributed by atoms with Crippen molar-refractivity contribution in [1.29, 1.82) is 0 Å². The van der Waals surface area contributed by atoms with Gasteiger partial charge >= 0.3 is 6.18 Å². The number of nitrogens with one attached hydrogen (secondary N) is 1. The number of rotatable bonds is 5. The van der Waals surface area contributed by atoms with Crippen LogP contribution in [0.25, 0.3) is 0 Å². The second-order valence-electron chi connectivity index (χ2n) is 8.48. The highest BCUT2D eigenvalue weighted by Gasteiger charge is 2.37. The first-order valence-electron chi connectivity index (χ1n) is 11.0. The van der Waals surface area contributed by atoms with E-state index in [1.54, 1.807) is 23.4 Å². The van der Waals surface area contributed by atoms with Crippen molar-refractivity contribution in [2.75, 3.05) is 19.6 Å². The zero-order chi connectivity index (χ0) is 23.4. The number of alkyl halides is 3. The van der Waals surface area contributed by atoms with Gasteiger partial charge in [-0.15, -0.1) is 0 Å². The van der Waals surface area contributed by atoms with Crippen LogP contribution in [0.2, 0.25) is 0 Å². The Labute approximate surface area is 189 Å². The molecule has 2 amide bonds. The highest BCUT2D eigenvalue weighted by atomic mass is 19.4. The van der Waals surface area contributed by atoms with Crippen molar-refractivity contribution in [2.24, 2.45) is 0 Å². The third kappa shape index (κ3) is 5.70. The van der Waals surface area contributed by atoms with E-state index in [1.807, 2.05) is 11.2 Å². The Morgan fingerprint density at radius 2 is 2.00 bits per heavy atom. The van der Waals surface area contributed by atoms with Gasteiger partial charge in [0.05, 0.1) is 12.7 Å². The molecule has 0 unspecified atom stereocenters. The molecular formula is C22H26F3N5O3. The van der Waals surface area contributed by atoms with E-state index in [0.717, 1.165) is 37.7 Å². The fourth-order valence-electron chi connectivity index (χ4n) is 4.39. The SMILES string of the molecule is O=C(c1cc(C(F)(F)F)[nH]n1)N1CC(=O)N(C2CCCCC2)C[C@H](OCc2cccnc2)C1. The third-order valence-electron chi connectivity index (χ3n) is 6.08. The van der Waals surface area contributed by atoms with Gasteiger partial charge in [-0.05, 0) is 24.5 Å². The topological polar surface area (TPSA) is 91.4 Å². The summed E-state index contributed by atoms with van der Waals surface area (Å²) in [6, 6.07) is 4.39. The van der Waals surface area contributed by atoms with Crippen LogP contribution < -0.4 is 0 Å². The first-order valence-corrected chi connectivity index (χ1v) is 11.0. The Balaban J connectivity index is 1.53. The average molecular weight is 465 g/mol. The highest BCUT2D eigenvalue weighted by molar-refractivity contribution is 5.95. The fraction of sp³-hybridized carbons (Fsp3) is 0.545. The molecule has 4 rings (SSSR count). The first kappa shape index (κ1) is 23.2. The molecule has 178 valence electrons. The molecule has 1 aliphatic heterocycles. The number of carbonyl (C=O) groups excluding carboxylic acids is 2. The van der Waals surface area contributed by atoms with E-state index in [4.69, 9.17) is 4.74 Å². The average Bonchev–Trinajstić information content (AvgIpc) is 3.25. The number of carbonyl (C=O) groups is 2. The minimum absolute atomic E-state index is 0.0717. The highest BCUT2D eigenvalue weighted by Crippen LogP contribution is 2.28. The molecule has 0 radical (unpaired) electrons. The van der Waals surface area contributed by atoms with Crippen LogP contribution in [0.15, 0.2) is 30.6 Å². The van der Waals surface area contributed by atoms with Gasteiger partial charge in [-0.3, -0.25) is 19.7 Å². The normalized spacial score (nSPS) is 20.7. The lowest BCUT2D eigenvalue weighted by atomic mass is 9.94. The number of aromatic nitrogens is 3. The molecule has 2 aromatic heterocycles. The van der Waals surface area contributed by atoms with E-state index >= 15 is 0 Å². The summed E-state index contributed by atoms with van der Waals surface area (Å²) in [6.07, 6.45) is 3.16. The van der Waals surface area contributed by atoms with E-state index < -0.39 is 23.9 Å². The Hall–Kier alpha value is -2.95. The summed E-state index contributed by atoms with van der Waals surface area (Å²) in [7, 11) is 0. The first-order chi connectivity index (χ1) is 15.8. The molecule has 11 heteroatoms. The molecule has 1 aliphatic carbocycles. The molecule has 2 fully saturated rings. The van der Waals surface area contributed by atoms with Crippen LogP contribution in [0, 0.1) is 0 Å². The lowest BCUT2D eigenvalue weighted by Gasteiger charge is -2.34. The predicted molar refractivity (Wildman–Crippen MR) is 111 cm³/mol. The van der Waals surface area contributed by atoms with Crippen molar-refractivity contribution < 1.29 is 27.5 Å². The molecule has 8 nitrogen and oxygen atoms in total. The van der Waals surface area contributed by atoms with Gasteiger partial charge in [0.1, 0.15) is 12.2 Å². The Morgan fingerprint density at radius 3 is 2.67 bits per heavy atom. The summed E-state index contributed by atoms with van der Waals surface area (Å²) in [4.78, 5) is 33.2. The Kier molecular flexibility index (Phi) is 6.96. The third-order valence-corrected chi connectivity index (χ3v) is 6.08. The maximum atomic E-state index is 13.1. The lowest BCUT2D eigenvalue weighted by Crippen LogP contribution is -2.46. The number of hydrogen-bond donors (Lipinski definition) is 1. The number of ether oxygens (including phenoxy) is 1. The second kappa shape index (κ2) is 9.90. The van der Waals surface area contributed by atoms with Crippen molar-refractivity contribution in [2.45, 2.75) is 57.0 Å². The van der Waals surface area contributed by atoms with Crippen molar-refractivity contribution >= 4 is 11.8 Å². The smallest absolute Gasteiger partial charge is 0.370 e. The second-order valence-corrected chi connectivity index (χ2v) is 8.48. The number of H-pyrrole nitrogens is 1. The number of halogens is 3. The zero-order valence-corrected chi connectivity index (χ0v) is 18.1. The maximum absolute atomic E-state index is 13.1. The standard InChI is InChI=1S/C22H26F3N5O3/c23-22(24,25)19-9-18(27-28-19)21(32)29-11-17(33-14-15-5-4-8-26-10-15)12-30(20(31)13-29)16-6-2-1-3-7-16/h4-5,8-10,16-17H,1-3,6-7,11-14H2,(H,27,28)/t17-/m1/s1. The van der Waals surface area contributed by atoms with Crippen LogP contribution in [0.3, 0.4) is 0 Å². The van der Waals surface area contributed by atoms with Gasteiger partial charge in [0.15, 0.2) is 5.69 Å². The molecule has 2 aliphatic rings. The molecule has 3 heterocycles. The van der Waals surface area contributed by atoms with Gasteiger partial charge in [-0.1, -0.05) is 25.3 Å². The molecule has 1 atom stereocenters. The number of hydrogen-bond acceptors (Lipinski definition) is 5. The van der Waals surface area contributed by atoms with Crippen molar-refractivity contribution in [3.63, 3.8) is 0 Å². The van der Waals surface area contributed by atoms with E-state index in [1.165, 1.54) is 4.90 Å². The Morgan fingerprint density at radius 1 is 1.21 bits per heavy atom. The molecule has 2 aromatic rings. The van der Waals surface area contributed by atoms with E-state index in [9.17, 15) is 22.8 Å². The van der Waals surface area contributed by atoms with E-state index in [2.05, 4.69) is 10.1 Å². The zero-order valence-electron chi connectivity index (χ0n) is 18.1. The van der Waals surface area contributed by atoms with Crippen molar-refractivity contribution in [1.82, 2.24) is 25.0 Å². The summed E-state index contributed by atoms with van der Waals surface area (Å²) < 4.78 is 44.9. The van der Waals surface area contributed by atoms with E-state index in [0.29, 0.717) is 12.6 Å². The van der Waals surface area contributed by atoms with Crippen molar-refractivity contribution in [3.05, 3.63) is 47.5 Å². The molecular weight excluding hydrogens is 439 g/mol. The summed E-state index contributed by atoms with van der Waals surface area (Å²) in [5.41, 5.74) is -0.648. The van der Waals surface area contributed by atoms with Crippen LogP contribution in [0.4, 0.5) is 13.2 Å². The molecule has 1 N–H and O–H groups in total. The predicted octanol–water partition coefficient (Wildman–Crippen LogP) is 3.03. The number of pyridine rings is 1. The van der Waals surface area contributed by atoms with Gasteiger partial charge in [0, 0.05) is 37.6 Å². The van der Waals surface area contributed by atoms with Crippen LogP contribution in [-0.2, 0) is 22.3 Å². The van der Waals surface area contributed by atoms with Gasteiger partial charge in [-0.2, -0.15) is 18.3 Å². The van der Waals surface area contributed by atoms with Gasteiger partial charge in [-0.25, -0.2) is 0 Å². The van der Waals surface area contributed by atoms with Gasteiger partial charge in [0.2, 0.25) is 5.91 Å². The molecule has 0 bridgehead atoms. The monoisotopic (exact) mass is 465 g/mol. The van der Waals surface area contributed by atoms with Crippen LogP contribution in [-0.4, -0.2) is 68.6 Å². The van der Waals surface area contributed by atoms with Crippen LogP contribution >= 0.6 is 0 Å². The molecule has 0 spiro atoms. The number of amides is 2. The lowest BCUT2D eigenvalue weighted by molar-refractivity contribution is -0.141. The summed E-state index contributed by atoms with van der Waals surface area (Å²) in [5.74, 6) is -0.968. The van der Waals surface area contributed by atoms with Gasteiger partial charge < -0.3 is 14.5 Å². The maximum Gasteiger partial charge on any atom is 0.432 e. The van der Waals surface area contributed by atoms with Crippen molar-refractivity contribution in [3.8, 4) is 0 Å². The molecule has 1 saturated carbocycles.